The third-order valence-electron chi connectivity index (χ3n) is 3.71. The van der Waals surface area contributed by atoms with E-state index in [0.717, 1.165) is 0 Å². The number of alkyl halides is 2. The van der Waals surface area contributed by atoms with Crippen molar-refractivity contribution in [1.82, 2.24) is 15.0 Å². The Morgan fingerprint density at radius 2 is 2.10 bits per heavy atom. The summed E-state index contributed by atoms with van der Waals surface area (Å²) in [6.07, 6.45) is 1.71. The number of nitrogens with one attached hydrogen (secondary N) is 1. The molecule has 0 aliphatic heterocycles. The number of carboxylic acid groups (broad SMARTS) is 1. The van der Waals surface area contributed by atoms with Crippen molar-refractivity contribution in [1.29, 1.82) is 0 Å². The van der Waals surface area contributed by atoms with Gasteiger partial charge in [0, 0.05) is 25.0 Å². The first-order valence-corrected chi connectivity index (χ1v) is 6.41. The highest BCUT2D eigenvalue weighted by atomic mass is 19.3. The zero-order valence-electron chi connectivity index (χ0n) is 10.6. The highest BCUT2D eigenvalue weighted by Crippen LogP contribution is 2.40. The third kappa shape index (κ3) is 2.35. The van der Waals surface area contributed by atoms with Gasteiger partial charge in [-0.05, 0) is 18.9 Å². The fourth-order valence-electron chi connectivity index (χ4n) is 2.54. The minimum Gasteiger partial charge on any atom is -0.478 e. The summed E-state index contributed by atoms with van der Waals surface area (Å²) in [5.41, 5.74) is 1.02. The van der Waals surface area contributed by atoms with Crippen LogP contribution >= 0.6 is 0 Å². The van der Waals surface area contributed by atoms with E-state index in [1.54, 1.807) is 0 Å². The van der Waals surface area contributed by atoms with Gasteiger partial charge in [-0.25, -0.2) is 23.5 Å². The maximum absolute atomic E-state index is 13.1. The lowest BCUT2D eigenvalue weighted by Gasteiger charge is -2.26. The summed E-state index contributed by atoms with van der Waals surface area (Å²) >= 11 is 0. The Labute approximate surface area is 113 Å². The van der Waals surface area contributed by atoms with Crippen molar-refractivity contribution < 1.29 is 18.7 Å². The van der Waals surface area contributed by atoms with Crippen molar-refractivity contribution in [3.63, 3.8) is 0 Å². The Morgan fingerprint density at radius 1 is 1.40 bits per heavy atom. The molecule has 3 rings (SSSR count). The summed E-state index contributed by atoms with van der Waals surface area (Å²) < 4.78 is 26.3. The maximum Gasteiger partial charge on any atom is 0.337 e. The lowest BCUT2D eigenvalue weighted by atomic mass is 9.86. The predicted molar refractivity (Wildman–Crippen MR) is 67.0 cm³/mol. The topological polar surface area (TPSA) is 78.9 Å². The highest BCUT2D eigenvalue weighted by molar-refractivity contribution is 5.90. The molecule has 0 atom stereocenters. The molecule has 0 radical (unpaired) electrons. The first-order valence-electron chi connectivity index (χ1n) is 6.41. The summed E-state index contributed by atoms with van der Waals surface area (Å²) in [6.45, 7) is 0. The fourth-order valence-corrected chi connectivity index (χ4v) is 2.54. The van der Waals surface area contributed by atoms with Crippen LogP contribution in [0.15, 0.2) is 12.3 Å². The van der Waals surface area contributed by atoms with Crippen LogP contribution in [0.4, 0.5) is 8.78 Å². The molecule has 2 aromatic heterocycles. The molecule has 2 N–H and O–H groups in total. The van der Waals surface area contributed by atoms with Crippen molar-refractivity contribution in [2.75, 3.05) is 0 Å². The van der Waals surface area contributed by atoms with E-state index in [1.807, 2.05) is 0 Å². The van der Waals surface area contributed by atoms with Crippen molar-refractivity contribution in [3.05, 3.63) is 23.7 Å². The molecule has 1 fully saturated rings. The van der Waals surface area contributed by atoms with E-state index in [-0.39, 0.29) is 24.3 Å². The number of aromatic nitrogens is 3. The average molecular weight is 281 g/mol. The zero-order valence-corrected chi connectivity index (χ0v) is 10.6. The summed E-state index contributed by atoms with van der Waals surface area (Å²) in [5, 5.41) is 8.90. The summed E-state index contributed by atoms with van der Waals surface area (Å²) in [6, 6.07) is 1.46. The molecule has 7 heteroatoms. The minimum absolute atomic E-state index is 0.0443. The quantitative estimate of drug-likeness (QED) is 0.887. The summed E-state index contributed by atoms with van der Waals surface area (Å²) in [4.78, 5) is 22.1. The number of carbonyl (C=O) groups is 1. The standard InChI is InChI=1S/C13H13F2N3O2/c14-13(15)3-1-7(2-4-13)10-17-9-5-8(12(19)20)6-16-11(9)18-10/h5-7H,1-4H2,(H,19,20)(H,16,17,18). The van der Waals surface area contributed by atoms with E-state index < -0.39 is 11.9 Å². The third-order valence-corrected chi connectivity index (χ3v) is 3.71. The molecular formula is C13H13F2N3O2. The molecule has 2 heterocycles. The van der Waals surface area contributed by atoms with Crippen LogP contribution in [0.5, 0.6) is 0 Å². The van der Waals surface area contributed by atoms with Gasteiger partial charge in [0.15, 0.2) is 5.65 Å². The fraction of sp³-hybridized carbons (Fsp3) is 0.462. The first-order chi connectivity index (χ1) is 9.44. The monoisotopic (exact) mass is 281 g/mol. The summed E-state index contributed by atoms with van der Waals surface area (Å²) in [5.74, 6) is -3.06. The Morgan fingerprint density at radius 3 is 2.75 bits per heavy atom. The van der Waals surface area contributed by atoms with E-state index in [0.29, 0.717) is 29.8 Å². The van der Waals surface area contributed by atoms with Crippen LogP contribution in [0.3, 0.4) is 0 Å². The van der Waals surface area contributed by atoms with E-state index in [2.05, 4.69) is 15.0 Å². The molecule has 0 amide bonds. The van der Waals surface area contributed by atoms with Gasteiger partial charge in [-0.2, -0.15) is 0 Å². The van der Waals surface area contributed by atoms with Gasteiger partial charge in [-0.3, -0.25) is 0 Å². The molecule has 5 nitrogen and oxygen atoms in total. The molecule has 106 valence electrons. The number of fused-ring (bicyclic) bond motifs is 1. The van der Waals surface area contributed by atoms with Gasteiger partial charge in [-0.1, -0.05) is 0 Å². The van der Waals surface area contributed by atoms with Gasteiger partial charge in [0.2, 0.25) is 5.92 Å². The van der Waals surface area contributed by atoms with Crippen molar-refractivity contribution >= 4 is 17.1 Å². The molecule has 1 saturated carbocycles. The molecule has 0 bridgehead atoms. The number of aromatic amines is 1. The lowest BCUT2D eigenvalue weighted by molar-refractivity contribution is -0.0387. The number of H-pyrrole nitrogens is 1. The average Bonchev–Trinajstić information content (AvgIpc) is 2.81. The second-order valence-electron chi connectivity index (χ2n) is 5.15. The number of hydrogen-bond donors (Lipinski definition) is 2. The lowest BCUT2D eigenvalue weighted by Crippen LogP contribution is -2.24. The molecule has 0 unspecified atom stereocenters. The van der Waals surface area contributed by atoms with E-state index in [9.17, 15) is 13.6 Å². The number of carboxylic acids is 1. The van der Waals surface area contributed by atoms with Crippen LogP contribution < -0.4 is 0 Å². The van der Waals surface area contributed by atoms with Crippen molar-refractivity contribution in [2.24, 2.45) is 0 Å². The Balaban J connectivity index is 1.88. The van der Waals surface area contributed by atoms with Crippen LogP contribution in [0.25, 0.3) is 11.2 Å². The number of nitrogens with zero attached hydrogens (tertiary/aromatic N) is 2. The van der Waals surface area contributed by atoms with Crippen LogP contribution in [0, 0.1) is 0 Å². The van der Waals surface area contributed by atoms with Crippen molar-refractivity contribution in [2.45, 2.75) is 37.5 Å². The van der Waals surface area contributed by atoms with Crippen LogP contribution in [0.1, 0.15) is 47.8 Å². The first kappa shape index (κ1) is 13.0. The largest absolute Gasteiger partial charge is 0.478 e. The van der Waals surface area contributed by atoms with Crippen LogP contribution in [-0.2, 0) is 0 Å². The molecule has 0 saturated heterocycles. The van der Waals surface area contributed by atoms with Gasteiger partial charge in [0.25, 0.3) is 0 Å². The van der Waals surface area contributed by atoms with E-state index >= 15 is 0 Å². The Bertz CT molecular complexity index is 659. The molecule has 0 aromatic carbocycles. The zero-order chi connectivity index (χ0) is 14.3. The van der Waals surface area contributed by atoms with Crippen molar-refractivity contribution in [3.8, 4) is 0 Å². The second-order valence-corrected chi connectivity index (χ2v) is 5.15. The van der Waals surface area contributed by atoms with Gasteiger partial charge in [0.1, 0.15) is 5.82 Å². The minimum atomic E-state index is -2.57. The number of imidazole rings is 1. The van der Waals surface area contributed by atoms with Gasteiger partial charge < -0.3 is 10.1 Å². The number of aromatic carboxylic acids is 1. The van der Waals surface area contributed by atoms with E-state index in [1.165, 1.54) is 12.3 Å². The smallest absolute Gasteiger partial charge is 0.337 e. The number of pyridine rings is 1. The molecule has 0 spiro atoms. The van der Waals surface area contributed by atoms with Gasteiger partial charge in [0.05, 0.1) is 11.1 Å². The predicted octanol–water partition coefficient (Wildman–Crippen LogP) is 2.95. The second kappa shape index (κ2) is 4.50. The molecular weight excluding hydrogens is 268 g/mol. The molecule has 1 aliphatic carbocycles. The highest BCUT2D eigenvalue weighted by Gasteiger charge is 2.36. The number of rotatable bonds is 2. The maximum atomic E-state index is 13.1. The van der Waals surface area contributed by atoms with Crippen LogP contribution in [0.2, 0.25) is 0 Å². The molecule has 2 aromatic rings. The van der Waals surface area contributed by atoms with Gasteiger partial charge in [-0.15, -0.1) is 0 Å². The number of halogens is 2. The summed E-state index contributed by atoms with van der Waals surface area (Å²) in [7, 11) is 0. The Kier molecular flexibility index (Phi) is 2.92. The molecule has 1 aliphatic rings. The molecule has 20 heavy (non-hydrogen) atoms. The number of hydrogen-bond acceptors (Lipinski definition) is 3. The van der Waals surface area contributed by atoms with Crippen LogP contribution in [-0.4, -0.2) is 32.0 Å². The Hall–Kier alpha value is -2.05. The normalized spacial score (nSPS) is 19.3. The van der Waals surface area contributed by atoms with Gasteiger partial charge >= 0.3 is 5.97 Å². The van der Waals surface area contributed by atoms with E-state index in [4.69, 9.17) is 5.11 Å². The SMILES string of the molecule is O=C(O)c1cnc2nc(C3CCC(F)(F)CC3)[nH]c2c1.